The van der Waals surface area contributed by atoms with Crippen molar-refractivity contribution in [1.29, 1.82) is 0 Å². The number of nitrogens with one attached hydrogen (secondary N) is 2. The van der Waals surface area contributed by atoms with Crippen LogP contribution in [0.1, 0.15) is 0 Å². The van der Waals surface area contributed by atoms with Gasteiger partial charge in [-0.15, -0.1) is 0 Å². The van der Waals surface area contributed by atoms with E-state index in [9.17, 15) is 9.59 Å². The third-order valence-electron chi connectivity index (χ3n) is 0.276. The zero-order chi connectivity index (χ0) is 10.1. The fourth-order valence-electron chi connectivity index (χ4n) is 0.107. The fourth-order valence-corrected chi connectivity index (χ4v) is 0.107. The average molecular weight is 182 g/mol. The number of rotatable bonds is 0. The molecule has 0 saturated heterocycles. The summed E-state index contributed by atoms with van der Waals surface area (Å²) in [4.78, 5) is 27.5. The minimum absolute atomic E-state index is 1.41. The molecule has 0 rings (SSSR count). The van der Waals surface area contributed by atoms with Gasteiger partial charge in [0.15, 0.2) is 0 Å². The van der Waals surface area contributed by atoms with E-state index >= 15 is 0 Å². The van der Waals surface area contributed by atoms with Crippen LogP contribution < -0.4 is 10.9 Å². The van der Waals surface area contributed by atoms with Crippen LogP contribution in [0.4, 0.5) is 14.4 Å². The highest BCUT2D eigenvalue weighted by Crippen LogP contribution is 1.55. The Hall–Kier alpha value is -2.19. The Labute approximate surface area is 65.2 Å². The molecule has 0 heterocycles. The monoisotopic (exact) mass is 182 g/mol. The van der Waals surface area contributed by atoms with Gasteiger partial charge in [0.1, 0.15) is 0 Å². The number of hydrogen-bond acceptors (Lipinski definition) is 3. The zero-order valence-corrected chi connectivity index (χ0v) is 5.51. The van der Waals surface area contributed by atoms with Crippen LogP contribution in [0.3, 0.4) is 0 Å². The SMILES string of the molecule is O=C(O)NNC(=O)O.O=C(O)O. The molecule has 0 spiro atoms. The van der Waals surface area contributed by atoms with Crippen LogP contribution in [-0.2, 0) is 0 Å². The van der Waals surface area contributed by atoms with Crippen LogP contribution in [0.15, 0.2) is 0 Å². The molecule has 0 aliphatic rings. The molecule has 0 aromatic carbocycles. The third kappa shape index (κ3) is 45.9. The van der Waals surface area contributed by atoms with Gasteiger partial charge in [0.05, 0.1) is 0 Å². The Morgan fingerprint density at radius 1 is 0.750 bits per heavy atom. The second kappa shape index (κ2) is 6.92. The zero-order valence-electron chi connectivity index (χ0n) is 5.51. The lowest BCUT2D eigenvalue weighted by atomic mass is 11.2. The summed E-state index contributed by atoms with van der Waals surface area (Å²) in [6.07, 6.45) is -4.71. The quantitative estimate of drug-likeness (QED) is 0.279. The summed E-state index contributed by atoms with van der Waals surface area (Å²) >= 11 is 0. The number of carboxylic acid groups (broad SMARTS) is 4. The van der Waals surface area contributed by atoms with Crippen molar-refractivity contribution in [1.82, 2.24) is 10.9 Å². The summed E-state index contributed by atoms with van der Waals surface area (Å²) in [6.45, 7) is 0. The number of carbonyl (C=O) groups is 3. The van der Waals surface area contributed by atoms with Gasteiger partial charge < -0.3 is 20.4 Å². The maximum atomic E-state index is 9.47. The molecule has 0 aliphatic heterocycles. The van der Waals surface area contributed by atoms with Gasteiger partial charge in [-0.25, -0.2) is 25.2 Å². The summed E-state index contributed by atoms with van der Waals surface area (Å²) in [5, 5.41) is 29.4. The number of hydrazine groups is 1. The fraction of sp³-hybridized carbons (Fsp3) is 0. The molecule has 70 valence electrons. The second-order valence-electron chi connectivity index (χ2n) is 1.14. The molecule has 0 atom stereocenters. The number of amides is 2. The molecule has 12 heavy (non-hydrogen) atoms. The molecule has 9 nitrogen and oxygen atoms in total. The van der Waals surface area contributed by atoms with Crippen LogP contribution in [0.2, 0.25) is 0 Å². The van der Waals surface area contributed by atoms with Gasteiger partial charge in [-0.05, 0) is 0 Å². The Kier molecular flexibility index (Phi) is 7.20. The van der Waals surface area contributed by atoms with E-state index in [1.54, 1.807) is 0 Å². The molecule has 0 bridgehead atoms. The first-order chi connectivity index (χ1) is 5.36. The van der Waals surface area contributed by atoms with Crippen LogP contribution in [-0.4, -0.2) is 38.8 Å². The maximum Gasteiger partial charge on any atom is 0.503 e. The van der Waals surface area contributed by atoms with Crippen molar-refractivity contribution < 1.29 is 34.8 Å². The standard InChI is InChI=1S/C2H4N2O4.CH2O3/c5-1(6)3-4-2(7)8;2-1(3)4/h3-4H,(H,5,6)(H,7,8);(H2,2,3,4). The lowest BCUT2D eigenvalue weighted by molar-refractivity contribution is 0.137. The first-order valence-electron chi connectivity index (χ1n) is 2.26. The molecule has 6 N–H and O–H groups in total. The summed E-state index contributed by atoms with van der Waals surface area (Å²) < 4.78 is 0. The van der Waals surface area contributed by atoms with Gasteiger partial charge in [-0.1, -0.05) is 0 Å². The van der Waals surface area contributed by atoms with E-state index in [2.05, 4.69) is 0 Å². The van der Waals surface area contributed by atoms with E-state index in [1.165, 1.54) is 10.9 Å². The van der Waals surface area contributed by atoms with Crippen LogP contribution in [0.5, 0.6) is 0 Å². The van der Waals surface area contributed by atoms with Crippen molar-refractivity contribution in [2.75, 3.05) is 0 Å². The largest absolute Gasteiger partial charge is 0.503 e. The van der Waals surface area contributed by atoms with Gasteiger partial charge in [0.25, 0.3) is 0 Å². The molecule has 0 fully saturated rings. The minimum atomic E-state index is -1.83. The molecule has 0 radical (unpaired) electrons. The van der Waals surface area contributed by atoms with Crippen LogP contribution in [0, 0.1) is 0 Å². The van der Waals surface area contributed by atoms with Gasteiger partial charge >= 0.3 is 18.3 Å². The smallest absolute Gasteiger partial charge is 0.464 e. The highest BCUT2D eigenvalue weighted by atomic mass is 16.6. The van der Waals surface area contributed by atoms with Crippen LogP contribution >= 0.6 is 0 Å². The van der Waals surface area contributed by atoms with Crippen molar-refractivity contribution in [3.63, 3.8) is 0 Å². The Morgan fingerprint density at radius 2 is 0.917 bits per heavy atom. The molecule has 9 heteroatoms. The predicted molar refractivity (Wildman–Crippen MR) is 33.0 cm³/mol. The molecular weight excluding hydrogens is 176 g/mol. The van der Waals surface area contributed by atoms with E-state index in [0.29, 0.717) is 0 Å². The van der Waals surface area contributed by atoms with E-state index < -0.39 is 18.3 Å². The second-order valence-corrected chi connectivity index (χ2v) is 1.14. The summed E-state index contributed by atoms with van der Waals surface area (Å²) in [5.74, 6) is 0. The van der Waals surface area contributed by atoms with Gasteiger partial charge in [0.2, 0.25) is 0 Å². The molecular formula is C3H6N2O7. The molecule has 0 saturated carbocycles. The van der Waals surface area contributed by atoms with Gasteiger partial charge in [0, 0.05) is 0 Å². The summed E-state index contributed by atoms with van der Waals surface area (Å²) in [7, 11) is 0. The molecule has 0 unspecified atom stereocenters. The normalized spacial score (nSPS) is 7.00. The van der Waals surface area contributed by atoms with Gasteiger partial charge in [-0.2, -0.15) is 0 Å². The van der Waals surface area contributed by atoms with E-state index in [-0.39, 0.29) is 0 Å². The van der Waals surface area contributed by atoms with E-state index in [4.69, 9.17) is 25.2 Å². The third-order valence-corrected chi connectivity index (χ3v) is 0.276. The molecule has 0 aromatic heterocycles. The van der Waals surface area contributed by atoms with Crippen molar-refractivity contribution in [3.05, 3.63) is 0 Å². The Morgan fingerprint density at radius 3 is 1.00 bits per heavy atom. The molecule has 0 aromatic rings. The summed E-state index contributed by atoms with van der Waals surface area (Å²) in [5.41, 5.74) is 2.82. The first kappa shape index (κ1) is 12.5. The highest BCUT2D eigenvalue weighted by molar-refractivity contribution is 5.70. The maximum absolute atomic E-state index is 9.47. The molecule has 2 amide bonds. The van der Waals surface area contributed by atoms with Crippen molar-refractivity contribution >= 4 is 18.3 Å². The minimum Gasteiger partial charge on any atom is -0.464 e. The van der Waals surface area contributed by atoms with Gasteiger partial charge in [-0.3, -0.25) is 0 Å². The van der Waals surface area contributed by atoms with Crippen molar-refractivity contribution in [3.8, 4) is 0 Å². The molecule has 0 aliphatic carbocycles. The summed E-state index contributed by atoms with van der Waals surface area (Å²) in [6, 6.07) is 0. The van der Waals surface area contributed by atoms with Crippen molar-refractivity contribution in [2.24, 2.45) is 0 Å². The highest BCUT2D eigenvalue weighted by Gasteiger charge is 1.94. The lowest BCUT2D eigenvalue weighted by Crippen LogP contribution is -2.39. The van der Waals surface area contributed by atoms with E-state index in [1.807, 2.05) is 0 Å². The topological polar surface area (TPSA) is 156 Å². The van der Waals surface area contributed by atoms with Crippen molar-refractivity contribution in [2.45, 2.75) is 0 Å². The first-order valence-corrected chi connectivity index (χ1v) is 2.26. The average Bonchev–Trinajstić information content (AvgIpc) is 1.82. The Bertz CT molecular complexity index is 159. The Balaban J connectivity index is 0. The lowest BCUT2D eigenvalue weighted by Gasteiger charge is -1.94. The predicted octanol–water partition coefficient (Wildman–Crippen LogP) is -0.341. The van der Waals surface area contributed by atoms with Crippen LogP contribution in [0.25, 0.3) is 0 Å². The van der Waals surface area contributed by atoms with E-state index in [0.717, 1.165) is 0 Å². The number of hydrogen-bond donors (Lipinski definition) is 6.